The summed E-state index contributed by atoms with van der Waals surface area (Å²) >= 11 is 6.77. The summed E-state index contributed by atoms with van der Waals surface area (Å²) in [5, 5.41) is 28.7. The molecule has 0 aliphatic rings. The van der Waals surface area contributed by atoms with E-state index in [9.17, 15) is 0 Å². The van der Waals surface area contributed by atoms with Crippen molar-refractivity contribution in [1.29, 1.82) is 0 Å². The van der Waals surface area contributed by atoms with E-state index in [2.05, 4.69) is 31.9 Å². The molecule has 6 nitrogen and oxygen atoms in total. The molecule has 0 aliphatic heterocycles. The standard InChI is InChI=1S/C11H12O4.C9H6Br2O2.2CH4/c1-14-10-3-7(5-12)2-8-4-9(6-13)15-11(8)10;10-6-1-5-2-7(4-12)13-9(5)8(11)3-6;;/h2-4,12-13H,5-6H2,1H3;1-3,12H,4H2;2*1H4. The minimum Gasteiger partial charge on any atom is -0.493 e. The molecule has 0 saturated carbocycles. The Morgan fingerprint density at radius 1 is 0.767 bits per heavy atom. The summed E-state index contributed by atoms with van der Waals surface area (Å²) in [5.74, 6) is 1.63. The Kier molecular flexibility index (Phi) is 10.1. The van der Waals surface area contributed by atoms with Crippen molar-refractivity contribution in [2.75, 3.05) is 7.11 Å². The van der Waals surface area contributed by atoms with Gasteiger partial charge in [0.2, 0.25) is 0 Å². The first-order valence-corrected chi connectivity index (χ1v) is 9.87. The van der Waals surface area contributed by atoms with Crippen molar-refractivity contribution in [1.82, 2.24) is 0 Å². The van der Waals surface area contributed by atoms with Gasteiger partial charge in [-0.25, -0.2) is 0 Å². The number of aliphatic hydroxyl groups is 3. The Morgan fingerprint density at radius 2 is 1.33 bits per heavy atom. The highest BCUT2D eigenvalue weighted by Gasteiger charge is 2.10. The average Bonchev–Trinajstić information content (AvgIpc) is 3.31. The van der Waals surface area contributed by atoms with Gasteiger partial charge in [0, 0.05) is 15.2 Å². The lowest BCUT2D eigenvalue weighted by Gasteiger charge is -2.02. The molecule has 164 valence electrons. The van der Waals surface area contributed by atoms with Crippen LogP contribution in [-0.4, -0.2) is 22.4 Å². The summed E-state index contributed by atoms with van der Waals surface area (Å²) < 4.78 is 17.8. The highest BCUT2D eigenvalue weighted by atomic mass is 79.9. The van der Waals surface area contributed by atoms with Gasteiger partial charge >= 0.3 is 0 Å². The van der Waals surface area contributed by atoms with E-state index >= 15 is 0 Å². The minimum atomic E-state index is -0.147. The van der Waals surface area contributed by atoms with E-state index in [1.807, 2.05) is 18.2 Å². The van der Waals surface area contributed by atoms with Gasteiger partial charge in [0.25, 0.3) is 0 Å². The number of benzene rings is 2. The van der Waals surface area contributed by atoms with Gasteiger partial charge in [-0.3, -0.25) is 0 Å². The second kappa shape index (κ2) is 11.5. The van der Waals surface area contributed by atoms with Gasteiger partial charge in [0.1, 0.15) is 30.3 Å². The maximum Gasteiger partial charge on any atom is 0.176 e. The van der Waals surface area contributed by atoms with Crippen molar-refractivity contribution in [3.63, 3.8) is 0 Å². The van der Waals surface area contributed by atoms with Crippen molar-refractivity contribution < 1.29 is 28.9 Å². The second-order valence-electron chi connectivity index (χ2n) is 5.92. The van der Waals surface area contributed by atoms with E-state index in [0.717, 1.165) is 30.9 Å². The van der Waals surface area contributed by atoms with Gasteiger partial charge in [-0.1, -0.05) is 30.8 Å². The molecular formula is C22H26Br2O6. The van der Waals surface area contributed by atoms with Crippen LogP contribution in [0.4, 0.5) is 0 Å². The molecule has 0 unspecified atom stereocenters. The van der Waals surface area contributed by atoms with Gasteiger partial charge in [-0.2, -0.15) is 0 Å². The number of hydrogen-bond acceptors (Lipinski definition) is 6. The van der Waals surface area contributed by atoms with Crippen LogP contribution in [0.15, 0.2) is 54.2 Å². The fourth-order valence-corrected chi connectivity index (χ4v) is 4.10. The molecule has 0 atom stereocenters. The normalized spacial score (nSPS) is 10.2. The quantitative estimate of drug-likeness (QED) is 0.284. The first kappa shape index (κ1) is 26.2. The van der Waals surface area contributed by atoms with E-state index < -0.39 is 0 Å². The largest absolute Gasteiger partial charge is 0.493 e. The van der Waals surface area contributed by atoms with E-state index in [4.69, 9.17) is 28.9 Å². The van der Waals surface area contributed by atoms with Crippen molar-refractivity contribution >= 4 is 53.8 Å². The fourth-order valence-electron chi connectivity index (χ4n) is 2.76. The third-order valence-corrected chi connectivity index (χ3v) is 5.04. The smallest absolute Gasteiger partial charge is 0.176 e. The molecule has 0 radical (unpaired) electrons. The molecule has 0 spiro atoms. The monoisotopic (exact) mass is 544 g/mol. The summed E-state index contributed by atoms with van der Waals surface area (Å²) in [5.41, 5.74) is 2.12. The van der Waals surface area contributed by atoms with Crippen LogP contribution in [0.2, 0.25) is 0 Å². The summed E-state index contributed by atoms with van der Waals surface area (Å²) in [7, 11) is 1.54. The SMILES string of the molecule is C.C.COc1cc(CO)cc2cc(CO)oc12.OCc1cc2cc(Br)cc(Br)c2o1. The zero-order chi connectivity index (χ0) is 20.3. The predicted molar refractivity (Wildman–Crippen MR) is 126 cm³/mol. The first-order valence-electron chi connectivity index (χ1n) is 8.28. The Labute approximate surface area is 192 Å². The second-order valence-corrected chi connectivity index (χ2v) is 7.69. The number of rotatable bonds is 4. The third-order valence-electron chi connectivity index (χ3n) is 3.99. The van der Waals surface area contributed by atoms with Gasteiger partial charge in [-0.15, -0.1) is 0 Å². The number of furan rings is 2. The topological polar surface area (TPSA) is 96.2 Å². The highest BCUT2D eigenvalue weighted by molar-refractivity contribution is 9.11. The van der Waals surface area contributed by atoms with E-state index in [-0.39, 0.29) is 34.7 Å². The number of methoxy groups -OCH3 is 1. The lowest BCUT2D eigenvalue weighted by molar-refractivity contribution is 0.250. The zero-order valence-corrected chi connectivity index (χ0v) is 18.1. The van der Waals surface area contributed by atoms with Crippen LogP contribution >= 0.6 is 31.9 Å². The summed E-state index contributed by atoms with van der Waals surface area (Å²) in [6, 6.07) is 10.9. The highest BCUT2D eigenvalue weighted by Crippen LogP contribution is 2.31. The van der Waals surface area contributed by atoms with Crippen LogP contribution in [0.1, 0.15) is 31.9 Å². The predicted octanol–water partition coefficient (Wildman–Crippen LogP) is 6.15. The molecule has 2 heterocycles. The summed E-state index contributed by atoms with van der Waals surface area (Å²) in [6.07, 6.45) is 0. The molecule has 0 saturated heterocycles. The molecule has 4 aromatic rings. The van der Waals surface area contributed by atoms with Crippen LogP contribution in [-0.2, 0) is 19.8 Å². The van der Waals surface area contributed by atoms with Gasteiger partial charge in [0.05, 0.1) is 18.2 Å². The third kappa shape index (κ3) is 5.65. The summed E-state index contributed by atoms with van der Waals surface area (Å²) in [4.78, 5) is 0. The molecule has 2 aromatic heterocycles. The molecular weight excluding hydrogens is 520 g/mol. The molecule has 8 heteroatoms. The number of hydrogen-bond donors (Lipinski definition) is 3. The number of halogens is 2. The van der Waals surface area contributed by atoms with Crippen LogP contribution in [0.5, 0.6) is 5.75 Å². The van der Waals surface area contributed by atoms with E-state index in [0.29, 0.717) is 22.9 Å². The van der Waals surface area contributed by atoms with Crippen molar-refractivity contribution in [3.8, 4) is 5.75 Å². The van der Waals surface area contributed by atoms with Crippen molar-refractivity contribution in [2.24, 2.45) is 0 Å². The zero-order valence-electron chi connectivity index (χ0n) is 14.9. The van der Waals surface area contributed by atoms with Gasteiger partial charge < -0.3 is 28.9 Å². The molecule has 0 aliphatic carbocycles. The van der Waals surface area contributed by atoms with Crippen LogP contribution < -0.4 is 4.74 Å². The molecule has 30 heavy (non-hydrogen) atoms. The Hall–Kier alpha value is -1.84. The molecule has 0 bridgehead atoms. The minimum absolute atomic E-state index is 0. The van der Waals surface area contributed by atoms with Gasteiger partial charge in [-0.05, 0) is 57.9 Å². The lowest BCUT2D eigenvalue weighted by Crippen LogP contribution is -1.87. The van der Waals surface area contributed by atoms with Crippen molar-refractivity contribution in [3.05, 3.63) is 62.4 Å². The number of aliphatic hydroxyl groups excluding tert-OH is 3. The summed E-state index contributed by atoms with van der Waals surface area (Å²) in [6.45, 7) is -0.267. The molecule has 0 amide bonds. The van der Waals surface area contributed by atoms with E-state index in [1.54, 1.807) is 18.2 Å². The molecule has 3 N–H and O–H groups in total. The fraction of sp³-hybridized carbons (Fsp3) is 0.273. The Morgan fingerprint density at radius 3 is 1.87 bits per heavy atom. The first-order chi connectivity index (χ1) is 13.5. The Bertz CT molecular complexity index is 1100. The molecule has 4 rings (SSSR count). The number of ether oxygens (including phenoxy) is 1. The lowest BCUT2D eigenvalue weighted by atomic mass is 10.1. The maximum atomic E-state index is 9.05. The molecule has 2 aromatic carbocycles. The average molecular weight is 546 g/mol. The van der Waals surface area contributed by atoms with Crippen molar-refractivity contribution in [2.45, 2.75) is 34.7 Å². The maximum absolute atomic E-state index is 9.05. The van der Waals surface area contributed by atoms with Crippen LogP contribution in [0, 0.1) is 0 Å². The van der Waals surface area contributed by atoms with Gasteiger partial charge in [0.15, 0.2) is 11.3 Å². The van der Waals surface area contributed by atoms with Crippen LogP contribution in [0.25, 0.3) is 21.9 Å². The van der Waals surface area contributed by atoms with E-state index in [1.165, 1.54) is 7.11 Å². The van der Waals surface area contributed by atoms with Crippen LogP contribution in [0.3, 0.4) is 0 Å². The number of fused-ring (bicyclic) bond motifs is 2. The Balaban J connectivity index is 0.000000284. The molecule has 0 fully saturated rings.